The first kappa shape index (κ1) is 19.5. The van der Waals surface area contributed by atoms with Crippen LogP contribution in [0.2, 0.25) is 0 Å². The molecular formula is C21H30N2O5. The zero-order chi connectivity index (χ0) is 19.7. The molecule has 4 rings (SSSR count). The summed E-state index contributed by atoms with van der Waals surface area (Å²) in [7, 11) is 3.13. The molecule has 0 spiro atoms. The first-order chi connectivity index (χ1) is 13.6. The van der Waals surface area contributed by atoms with Crippen LogP contribution in [-0.4, -0.2) is 86.6 Å². The lowest BCUT2D eigenvalue weighted by atomic mass is 9.77. The number of likely N-dealkylation sites (tertiary alicyclic amines) is 1. The standard InChI is InChI=1S/C21H30N2O5/c1-26-19-5-3-4-16(20(19)27-2)21(25)23-12-14-10-17(18(24)11-15(14)13-23)22-6-8-28-9-7-22/h3-5,14-15,17-18,24H,6-13H2,1-2H3/t14-,15+,17-,18-/m1/s1. The third-order valence-corrected chi connectivity index (χ3v) is 6.54. The molecule has 1 amide bonds. The molecule has 3 aliphatic rings. The fraction of sp³-hybridized carbons (Fsp3) is 0.667. The molecule has 1 N–H and O–H groups in total. The molecule has 0 bridgehead atoms. The van der Waals surface area contributed by atoms with Crippen molar-refractivity contribution in [2.75, 3.05) is 53.6 Å². The fourth-order valence-corrected chi connectivity index (χ4v) is 5.10. The van der Waals surface area contributed by atoms with E-state index in [4.69, 9.17) is 14.2 Å². The summed E-state index contributed by atoms with van der Waals surface area (Å²) < 4.78 is 16.2. The number of para-hydroxylation sites is 1. The lowest BCUT2D eigenvalue weighted by Crippen LogP contribution is -2.53. The molecule has 1 aromatic carbocycles. The molecular weight excluding hydrogens is 360 g/mol. The predicted octanol–water partition coefficient (Wildman–Crippen LogP) is 1.25. The van der Waals surface area contributed by atoms with E-state index < -0.39 is 0 Å². The molecule has 0 radical (unpaired) electrons. The van der Waals surface area contributed by atoms with Gasteiger partial charge in [-0.25, -0.2) is 0 Å². The van der Waals surface area contributed by atoms with E-state index in [1.54, 1.807) is 26.4 Å². The van der Waals surface area contributed by atoms with E-state index in [2.05, 4.69) is 4.90 Å². The van der Waals surface area contributed by atoms with Crippen molar-refractivity contribution in [2.45, 2.75) is 25.0 Å². The number of aliphatic hydroxyl groups excluding tert-OH is 1. The number of ether oxygens (including phenoxy) is 3. The van der Waals surface area contributed by atoms with Gasteiger partial charge in [-0.1, -0.05) is 6.07 Å². The second-order valence-electron chi connectivity index (χ2n) is 8.03. The van der Waals surface area contributed by atoms with Crippen molar-refractivity contribution in [1.29, 1.82) is 0 Å². The van der Waals surface area contributed by atoms with Gasteiger partial charge >= 0.3 is 0 Å². The van der Waals surface area contributed by atoms with Crippen molar-refractivity contribution >= 4 is 5.91 Å². The summed E-state index contributed by atoms with van der Waals surface area (Å²) in [5, 5.41) is 10.7. The molecule has 7 heteroatoms. The van der Waals surface area contributed by atoms with Gasteiger partial charge in [0.2, 0.25) is 0 Å². The van der Waals surface area contributed by atoms with Gasteiger partial charge in [0.1, 0.15) is 0 Å². The third-order valence-electron chi connectivity index (χ3n) is 6.54. The predicted molar refractivity (Wildman–Crippen MR) is 104 cm³/mol. The van der Waals surface area contributed by atoms with Gasteiger partial charge < -0.3 is 24.2 Å². The second kappa shape index (κ2) is 8.27. The average molecular weight is 390 g/mol. The minimum absolute atomic E-state index is 0.0254. The first-order valence-electron chi connectivity index (χ1n) is 10.1. The number of benzene rings is 1. The number of rotatable bonds is 4. The van der Waals surface area contributed by atoms with E-state index >= 15 is 0 Å². The van der Waals surface area contributed by atoms with Crippen molar-refractivity contribution in [3.63, 3.8) is 0 Å². The summed E-state index contributed by atoms with van der Waals surface area (Å²) in [6, 6.07) is 5.57. The Hall–Kier alpha value is -1.83. The molecule has 1 saturated carbocycles. The molecule has 0 unspecified atom stereocenters. The summed E-state index contributed by atoms with van der Waals surface area (Å²) in [5.74, 6) is 1.80. The molecule has 0 aromatic heterocycles. The topological polar surface area (TPSA) is 71.5 Å². The summed E-state index contributed by atoms with van der Waals surface area (Å²) in [4.78, 5) is 17.5. The summed E-state index contributed by atoms with van der Waals surface area (Å²) in [6.07, 6.45) is 1.36. The maximum atomic E-state index is 13.2. The Kier molecular flexibility index (Phi) is 5.75. The van der Waals surface area contributed by atoms with Gasteiger partial charge in [-0.2, -0.15) is 0 Å². The summed E-state index contributed by atoms with van der Waals surface area (Å²) >= 11 is 0. The molecule has 4 atom stereocenters. The van der Waals surface area contributed by atoms with Crippen molar-refractivity contribution in [3.8, 4) is 11.5 Å². The van der Waals surface area contributed by atoms with Crippen LogP contribution in [0.3, 0.4) is 0 Å². The maximum Gasteiger partial charge on any atom is 0.257 e. The van der Waals surface area contributed by atoms with Crippen LogP contribution >= 0.6 is 0 Å². The third kappa shape index (κ3) is 3.58. The van der Waals surface area contributed by atoms with E-state index in [1.165, 1.54) is 0 Å². The Labute approximate surface area is 166 Å². The molecule has 1 aromatic rings. The van der Waals surface area contributed by atoms with E-state index in [9.17, 15) is 9.90 Å². The van der Waals surface area contributed by atoms with E-state index in [1.807, 2.05) is 11.0 Å². The maximum absolute atomic E-state index is 13.2. The molecule has 7 nitrogen and oxygen atoms in total. The van der Waals surface area contributed by atoms with Gasteiger partial charge in [-0.05, 0) is 36.8 Å². The highest BCUT2D eigenvalue weighted by Gasteiger charge is 2.45. The molecule has 2 heterocycles. The number of hydrogen-bond acceptors (Lipinski definition) is 6. The Morgan fingerprint density at radius 1 is 1.11 bits per heavy atom. The highest BCUT2D eigenvalue weighted by atomic mass is 16.5. The monoisotopic (exact) mass is 390 g/mol. The highest BCUT2D eigenvalue weighted by Crippen LogP contribution is 2.40. The van der Waals surface area contributed by atoms with Crippen LogP contribution in [0.25, 0.3) is 0 Å². The van der Waals surface area contributed by atoms with Gasteiger partial charge in [-0.3, -0.25) is 9.69 Å². The normalized spacial score (nSPS) is 30.8. The number of methoxy groups -OCH3 is 2. The summed E-state index contributed by atoms with van der Waals surface area (Å²) in [6.45, 7) is 4.65. The quantitative estimate of drug-likeness (QED) is 0.834. The Morgan fingerprint density at radius 2 is 1.82 bits per heavy atom. The average Bonchev–Trinajstić information content (AvgIpc) is 3.15. The van der Waals surface area contributed by atoms with E-state index in [-0.39, 0.29) is 18.1 Å². The van der Waals surface area contributed by atoms with Gasteiger partial charge in [0, 0.05) is 32.2 Å². The van der Waals surface area contributed by atoms with Gasteiger partial charge in [0.15, 0.2) is 11.5 Å². The van der Waals surface area contributed by atoms with Crippen LogP contribution in [0.1, 0.15) is 23.2 Å². The highest BCUT2D eigenvalue weighted by molar-refractivity contribution is 5.98. The van der Waals surface area contributed by atoms with Crippen molar-refractivity contribution in [1.82, 2.24) is 9.80 Å². The van der Waals surface area contributed by atoms with Crippen LogP contribution in [0.4, 0.5) is 0 Å². The minimum atomic E-state index is -0.333. The number of nitrogens with zero attached hydrogens (tertiary/aromatic N) is 2. The van der Waals surface area contributed by atoms with Crippen LogP contribution < -0.4 is 9.47 Å². The number of morpholine rings is 1. The van der Waals surface area contributed by atoms with Gasteiger partial charge in [-0.15, -0.1) is 0 Å². The lowest BCUT2D eigenvalue weighted by molar-refractivity contribution is -0.0520. The molecule has 154 valence electrons. The van der Waals surface area contributed by atoms with Crippen LogP contribution in [0, 0.1) is 11.8 Å². The number of hydrogen-bond donors (Lipinski definition) is 1. The van der Waals surface area contributed by atoms with Crippen molar-refractivity contribution in [3.05, 3.63) is 23.8 Å². The number of fused-ring (bicyclic) bond motifs is 1. The van der Waals surface area contributed by atoms with E-state index in [0.717, 1.165) is 45.7 Å². The molecule has 28 heavy (non-hydrogen) atoms. The lowest BCUT2D eigenvalue weighted by Gasteiger charge is -2.43. The number of amides is 1. The van der Waals surface area contributed by atoms with E-state index in [0.29, 0.717) is 35.4 Å². The fourth-order valence-electron chi connectivity index (χ4n) is 5.10. The smallest absolute Gasteiger partial charge is 0.257 e. The molecule has 2 aliphatic heterocycles. The van der Waals surface area contributed by atoms with Crippen LogP contribution in [0.5, 0.6) is 11.5 Å². The van der Waals surface area contributed by atoms with Gasteiger partial charge in [0.25, 0.3) is 5.91 Å². The number of carbonyl (C=O) groups excluding carboxylic acids is 1. The molecule has 3 fully saturated rings. The Morgan fingerprint density at radius 3 is 2.50 bits per heavy atom. The second-order valence-corrected chi connectivity index (χ2v) is 8.03. The zero-order valence-electron chi connectivity index (χ0n) is 16.7. The minimum Gasteiger partial charge on any atom is -0.493 e. The summed E-state index contributed by atoms with van der Waals surface area (Å²) in [5.41, 5.74) is 0.533. The van der Waals surface area contributed by atoms with Crippen molar-refractivity contribution in [2.24, 2.45) is 11.8 Å². The SMILES string of the molecule is COc1cccc(C(=O)N2C[C@H]3C[C@@H](N4CCOCC4)[C@H](O)C[C@H]3C2)c1OC. The molecule has 2 saturated heterocycles. The molecule has 1 aliphatic carbocycles. The zero-order valence-corrected chi connectivity index (χ0v) is 16.7. The van der Waals surface area contributed by atoms with Crippen molar-refractivity contribution < 1.29 is 24.1 Å². The number of aliphatic hydroxyl groups is 1. The largest absolute Gasteiger partial charge is 0.493 e. The van der Waals surface area contributed by atoms with Crippen LogP contribution in [0.15, 0.2) is 18.2 Å². The Balaban J connectivity index is 1.47. The van der Waals surface area contributed by atoms with Crippen LogP contribution in [-0.2, 0) is 4.74 Å². The number of carbonyl (C=O) groups is 1. The first-order valence-corrected chi connectivity index (χ1v) is 10.1. The van der Waals surface area contributed by atoms with Gasteiger partial charge in [0.05, 0.1) is 39.1 Å². The Bertz CT molecular complexity index is 706.